The number of nitrogens with one attached hydrogen (secondary N) is 1. The van der Waals surface area contributed by atoms with Crippen LogP contribution in [-0.2, 0) is 4.79 Å². The fraction of sp³-hybridized carbons (Fsp3) is 0.458. The highest BCUT2D eigenvalue weighted by Crippen LogP contribution is 2.28. The lowest BCUT2D eigenvalue weighted by molar-refractivity contribution is -0.139. The lowest BCUT2D eigenvalue weighted by Gasteiger charge is -2.12. The molecule has 0 radical (unpaired) electrons. The molecule has 2 rings (SSSR count). The van der Waals surface area contributed by atoms with Crippen molar-refractivity contribution in [1.82, 2.24) is 15.1 Å². The molecule has 2 aromatic rings. The fourth-order valence-corrected chi connectivity index (χ4v) is 3.34. The van der Waals surface area contributed by atoms with Crippen LogP contribution in [-0.4, -0.2) is 55.7 Å². The second-order valence-electron chi connectivity index (χ2n) is 8.71. The molecule has 1 heterocycles. The van der Waals surface area contributed by atoms with Gasteiger partial charge in [0.25, 0.3) is 5.91 Å². The van der Waals surface area contributed by atoms with Crippen molar-refractivity contribution in [2.24, 2.45) is 5.92 Å². The van der Waals surface area contributed by atoms with Gasteiger partial charge in [-0.3, -0.25) is 9.59 Å². The average molecular weight is 462 g/mol. The number of aromatic nitrogens is 2. The number of carboxylic acid groups (broad SMARTS) is 1. The number of aliphatic carboxylic acids is 1. The first-order valence-corrected chi connectivity index (χ1v) is 10.9. The SMILES string of the molecule is CC(C)CNC(=O)c1nn(-c2ccc(F)cc2)c(C=CC(O)CC(O)CC(=O)O)c1C(C)C. The zero-order chi connectivity index (χ0) is 24.7. The Morgan fingerprint density at radius 2 is 1.79 bits per heavy atom. The van der Waals surface area contributed by atoms with Crippen LogP contribution in [0.4, 0.5) is 4.39 Å². The Labute approximate surface area is 192 Å². The van der Waals surface area contributed by atoms with Crippen LogP contribution in [0.25, 0.3) is 11.8 Å². The lowest BCUT2D eigenvalue weighted by atomic mass is 9.98. The minimum absolute atomic E-state index is 0.103. The van der Waals surface area contributed by atoms with Crippen molar-refractivity contribution in [3.63, 3.8) is 0 Å². The molecule has 0 saturated carbocycles. The van der Waals surface area contributed by atoms with Crippen molar-refractivity contribution in [2.75, 3.05) is 6.54 Å². The van der Waals surface area contributed by atoms with E-state index in [2.05, 4.69) is 10.4 Å². The van der Waals surface area contributed by atoms with Gasteiger partial charge in [0.15, 0.2) is 5.69 Å². The molecule has 1 amide bonds. The van der Waals surface area contributed by atoms with E-state index < -0.39 is 30.4 Å². The largest absolute Gasteiger partial charge is 0.481 e. The standard InChI is InChI=1S/C24H32FN3O5/c1-14(2)13-26-24(33)23-22(15(3)4)20(10-9-18(29)11-19(30)12-21(31)32)28(27-23)17-7-5-16(25)6-8-17/h5-10,14-15,18-19,29-30H,11-13H2,1-4H3,(H,26,33)(H,31,32). The molecule has 0 fully saturated rings. The summed E-state index contributed by atoms with van der Waals surface area (Å²) in [6.07, 6.45) is 0.0507. The zero-order valence-corrected chi connectivity index (χ0v) is 19.3. The number of aliphatic hydroxyl groups is 2. The Balaban J connectivity index is 2.49. The van der Waals surface area contributed by atoms with E-state index >= 15 is 0 Å². The second-order valence-corrected chi connectivity index (χ2v) is 8.71. The molecule has 1 aromatic carbocycles. The van der Waals surface area contributed by atoms with E-state index in [1.54, 1.807) is 6.08 Å². The average Bonchev–Trinajstić information content (AvgIpc) is 3.10. The van der Waals surface area contributed by atoms with Crippen LogP contribution < -0.4 is 5.32 Å². The maximum absolute atomic E-state index is 13.5. The maximum Gasteiger partial charge on any atom is 0.305 e. The van der Waals surface area contributed by atoms with Crippen molar-refractivity contribution in [2.45, 2.75) is 58.7 Å². The van der Waals surface area contributed by atoms with Crippen molar-refractivity contribution in [3.8, 4) is 5.69 Å². The third kappa shape index (κ3) is 7.50. The number of amides is 1. The van der Waals surface area contributed by atoms with E-state index in [1.165, 1.54) is 35.0 Å². The van der Waals surface area contributed by atoms with Gasteiger partial charge in [-0.15, -0.1) is 0 Å². The third-order valence-electron chi connectivity index (χ3n) is 4.89. The third-order valence-corrected chi connectivity index (χ3v) is 4.89. The van der Waals surface area contributed by atoms with Gasteiger partial charge >= 0.3 is 5.97 Å². The van der Waals surface area contributed by atoms with E-state index in [0.717, 1.165) is 0 Å². The van der Waals surface area contributed by atoms with E-state index in [4.69, 9.17) is 5.11 Å². The predicted octanol–water partition coefficient (Wildman–Crippen LogP) is 3.12. The van der Waals surface area contributed by atoms with Crippen molar-refractivity contribution in [3.05, 3.63) is 53.1 Å². The molecule has 0 spiro atoms. The van der Waals surface area contributed by atoms with Gasteiger partial charge in [-0.25, -0.2) is 9.07 Å². The molecule has 4 N–H and O–H groups in total. The molecule has 180 valence electrons. The molecule has 8 nitrogen and oxygen atoms in total. The zero-order valence-electron chi connectivity index (χ0n) is 19.3. The maximum atomic E-state index is 13.5. The van der Waals surface area contributed by atoms with Crippen molar-refractivity contribution >= 4 is 18.0 Å². The number of aliphatic hydroxyl groups excluding tert-OH is 2. The van der Waals surface area contributed by atoms with Crippen LogP contribution in [0, 0.1) is 11.7 Å². The van der Waals surface area contributed by atoms with Crippen LogP contribution in [0.3, 0.4) is 0 Å². The van der Waals surface area contributed by atoms with Crippen LogP contribution in [0.15, 0.2) is 30.3 Å². The van der Waals surface area contributed by atoms with Crippen LogP contribution >= 0.6 is 0 Å². The van der Waals surface area contributed by atoms with Gasteiger partial charge in [-0.05, 0) is 42.2 Å². The molecule has 0 aliphatic rings. The van der Waals surface area contributed by atoms with E-state index in [9.17, 15) is 24.2 Å². The Kier molecular flexibility index (Phi) is 9.31. The number of halogens is 1. The first-order valence-electron chi connectivity index (χ1n) is 10.9. The van der Waals surface area contributed by atoms with Crippen LogP contribution in [0.5, 0.6) is 0 Å². The molecule has 1 aromatic heterocycles. The number of nitrogens with zero attached hydrogens (tertiary/aromatic N) is 2. The van der Waals surface area contributed by atoms with E-state index in [-0.39, 0.29) is 29.9 Å². The predicted molar refractivity (Wildman–Crippen MR) is 123 cm³/mol. The van der Waals surface area contributed by atoms with E-state index in [0.29, 0.717) is 23.5 Å². The Bertz CT molecular complexity index is 983. The summed E-state index contributed by atoms with van der Waals surface area (Å²) < 4.78 is 15.0. The summed E-state index contributed by atoms with van der Waals surface area (Å²) in [7, 11) is 0. The first kappa shape index (κ1) is 26.2. The van der Waals surface area contributed by atoms with Crippen LogP contribution in [0.1, 0.15) is 68.2 Å². The summed E-state index contributed by atoms with van der Waals surface area (Å²) in [6, 6.07) is 5.64. The summed E-state index contributed by atoms with van der Waals surface area (Å²) in [5.41, 5.74) is 1.93. The lowest BCUT2D eigenvalue weighted by Crippen LogP contribution is -2.28. The highest BCUT2D eigenvalue weighted by molar-refractivity contribution is 5.95. The monoisotopic (exact) mass is 461 g/mol. The Morgan fingerprint density at radius 3 is 2.33 bits per heavy atom. The van der Waals surface area contributed by atoms with Gasteiger partial charge < -0.3 is 20.6 Å². The molecular weight excluding hydrogens is 429 g/mol. The quantitative estimate of drug-likeness (QED) is 0.408. The molecule has 0 bridgehead atoms. The van der Waals surface area contributed by atoms with E-state index in [1.807, 2.05) is 27.7 Å². The minimum Gasteiger partial charge on any atom is -0.481 e. The van der Waals surface area contributed by atoms with Gasteiger partial charge in [-0.1, -0.05) is 33.8 Å². The van der Waals surface area contributed by atoms with Crippen molar-refractivity contribution in [1.29, 1.82) is 0 Å². The number of carbonyl (C=O) groups is 2. The van der Waals surface area contributed by atoms with Gasteiger partial charge in [0, 0.05) is 18.5 Å². The summed E-state index contributed by atoms with van der Waals surface area (Å²) in [5, 5.41) is 36.2. The number of benzene rings is 1. The fourth-order valence-electron chi connectivity index (χ4n) is 3.34. The number of hydrogen-bond donors (Lipinski definition) is 4. The second kappa shape index (κ2) is 11.7. The topological polar surface area (TPSA) is 125 Å². The minimum atomic E-state index is -1.20. The molecule has 0 saturated heterocycles. The first-order chi connectivity index (χ1) is 15.5. The molecule has 0 aliphatic carbocycles. The number of hydrogen-bond acceptors (Lipinski definition) is 5. The number of rotatable bonds is 11. The molecule has 2 unspecified atom stereocenters. The van der Waals surface area contributed by atoms with Gasteiger partial charge in [0.1, 0.15) is 5.82 Å². The molecule has 0 aliphatic heterocycles. The summed E-state index contributed by atoms with van der Waals surface area (Å²) >= 11 is 0. The van der Waals surface area contributed by atoms with Crippen molar-refractivity contribution < 1.29 is 29.3 Å². The summed E-state index contributed by atoms with van der Waals surface area (Å²) in [6.45, 7) is 8.26. The Hall–Kier alpha value is -3.04. The number of carbonyl (C=O) groups excluding carboxylic acids is 1. The molecule has 9 heteroatoms. The van der Waals surface area contributed by atoms with Gasteiger partial charge in [-0.2, -0.15) is 5.10 Å². The number of carboxylic acids is 1. The Morgan fingerprint density at radius 1 is 1.15 bits per heavy atom. The molecule has 33 heavy (non-hydrogen) atoms. The smallest absolute Gasteiger partial charge is 0.305 e. The highest BCUT2D eigenvalue weighted by atomic mass is 19.1. The van der Waals surface area contributed by atoms with Crippen LogP contribution in [0.2, 0.25) is 0 Å². The van der Waals surface area contributed by atoms with Gasteiger partial charge in [0.2, 0.25) is 0 Å². The highest BCUT2D eigenvalue weighted by Gasteiger charge is 2.25. The summed E-state index contributed by atoms with van der Waals surface area (Å²) in [5.74, 6) is -1.76. The molecular formula is C24H32FN3O5. The molecule has 2 atom stereocenters. The normalized spacial score (nSPS) is 13.6. The van der Waals surface area contributed by atoms with Gasteiger partial charge in [0.05, 0.1) is 30.0 Å². The summed E-state index contributed by atoms with van der Waals surface area (Å²) in [4.78, 5) is 23.6.